The first kappa shape index (κ1) is 11.9. The Morgan fingerprint density at radius 2 is 2.20 bits per heavy atom. The van der Waals surface area contributed by atoms with E-state index in [9.17, 15) is 23.3 Å². The molecule has 0 saturated carbocycles. The highest BCUT2D eigenvalue weighted by molar-refractivity contribution is 7.13. The first-order valence-electron chi connectivity index (χ1n) is 3.85. The Labute approximate surface area is 86.7 Å². The molecule has 1 atom stereocenters. The minimum absolute atomic E-state index is 0.143. The molecule has 84 valence electrons. The molecule has 0 spiro atoms. The van der Waals surface area contributed by atoms with Gasteiger partial charge in [0.05, 0.1) is 11.3 Å². The standard InChI is InChI=1S/C7H7F3N2O2S/c8-7(9,10)2-5(11)4-1-6(12(13)14)15-3-4/h1,3,5H,2,11H2/t5-/m1/s1. The largest absolute Gasteiger partial charge is 0.390 e. The predicted octanol–water partition coefficient (Wildman–Crippen LogP) is 2.61. The molecule has 1 aromatic heterocycles. The second-order valence-corrected chi connectivity index (χ2v) is 3.79. The van der Waals surface area contributed by atoms with Crippen LogP contribution in [0.25, 0.3) is 0 Å². The fraction of sp³-hybridized carbons (Fsp3) is 0.429. The highest BCUT2D eigenvalue weighted by atomic mass is 32.1. The zero-order valence-corrected chi connectivity index (χ0v) is 8.14. The molecule has 2 N–H and O–H groups in total. The van der Waals surface area contributed by atoms with Gasteiger partial charge in [-0.05, 0) is 5.56 Å². The van der Waals surface area contributed by atoms with Crippen LogP contribution in [0.5, 0.6) is 0 Å². The number of hydrogen-bond acceptors (Lipinski definition) is 4. The molecule has 0 radical (unpaired) electrons. The van der Waals surface area contributed by atoms with E-state index in [1.54, 1.807) is 0 Å². The summed E-state index contributed by atoms with van der Waals surface area (Å²) < 4.78 is 35.8. The average Bonchev–Trinajstić information content (AvgIpc) is 2.47. The Balaban J connectivity index is 2.74. The van der Waals surface area contributed by atoms with Gasteiger partial charge in [0, 0.05) is 17.5 Å². The molecule has 0 fully saturated rings. The number of nitrogens with two attached hydrogens (primary N) is 1. The zero-order chi connectivity index (χ0) is 11.6. The topological polar surface area (TPSA) is 69.2 Å². The van der Waals surface area contributed by atoms with Gasteiger partial charge in [-0.2, -0.15) is 13.2 Å². The Morgan fingerprint density at radius 1 is 1.60 bits per heavy atom. The van der Waals surface area contributed by atoms with Crippen molar-refractivity contribution >= 4 is 16.3 Å². The number of thiophene rings is 1. The maximum Gasteiger partial charge on any atom is 0.390 e. The van der Waals surface area contributed by atoms with E-state index < -0.39 is 23.6 Å². The summed E-state index contributed by atoms with van der Waals surface area (Å²) in [5, 5.41) is 11.3. The zero-order valence-electron chi connectivity index (χ0n) is 7.32. The van der Waals surface area contributed by atoms with E-state index in [1.807, 2.05) is 0 Å². The van der Waals surface area contributed by atoms with Crippen molar-refractivity contribution in [2.75, 3.05) is 0 Å². The van der Waals surface area contributed by atoms with Gasteiger partial charge in [-0.3, -0.25) is 10.1 Å². The molecule has 4 nitrogen and oxygen atoms in total. The molecule has 0 aliphatic rings. The summed E-state index contributed by atoms with van der Waals surface area (Å²) in [5.74, 6) is 0. The van der Waals surface area contributed by atoms with E-state index in [-0.39, 0.29) is 10.6 Å². The molecule has 0 saturated heterocycles. The maximum absolute atomic E-state index is 11.9. The summed E-state index contributed by atoms with van der Waals surface area (Å²) in [6, 6.07) is -0.170. The third-order valence-corrected chi connectivity index (χ3v) is 2.56. The van der Waals surface area contributed by atoms with E-state index in [0.29, 0.717) is 0 Å². The lowest BCUT2D eigenvalue weighted by molar-refractivity contribution is -0.380. The van der Waals surface area contributed by atoms with Gasteiger partial charge in [0.1, 0.15) is 0 Å². The second kappa shape index (κ2) is 4.15. The van der Waals surface area contributed by atoms with Crippen molar-refractivity contribution in [3.05, 3.63) is 27.1 Å². The molecule has 1 rings (SSSR count). The summed E-state index contributed by atoms with van der Waals surface area (Å²) in [7, 11) is 0. The van der Waals surface area contributed by atoms with Crippen LogP contribution in [0.4, 0.5) is 18.2 Å². The number of nitrogens with zero attached hydrogens (tertiary/aromatic N) is 1. The molecule has 0 aromatic carbocycles. The Hall–Kier alpha value is -1.15. The van der Waals surface area contributed by atoms with Crippen molar-refractivity contribution in [3.8, 4) is 0 Å². The lowest BCUT2D eigenvalue weighted by atomic mass is 10.1. The lowest BCUT2D eigenvalue weighted by Gasteiger charge is -2.11. The van der Waals surface area contributed by atoms with Crippen LogP contribution in [0, 0.1) is 10.1 Å². The van der Waals surface area contributed by atoms with Crippen LogP contribution in [0.1, 0.15) is 18.0 Å². The van der Waals surface area contributed by atoms with E-state index in [1.165, 1.54) is 5.38 Å². The quantitative estimate of drug-likeness (QED) is 0.652. The summed E-state index contributed by atoms with van der Waals surface area (Å²) in [6.45, 7) is 0. The first-order valence-corrected chi connectivity index (χ1v) is 4.73. The molecule has 8 heteroatoms. The molecule has 0 amide bonds. The maximum atomic E-state index is 11.9. The highest BCUT2D eigenvalue weighted by Crippen LogP contribution is 2.32. The minimum atomic E-state index is -4.36. The van der Waals surface area contributed by atoms with Crippen molar-refractivity contribution in [1.82, 2.24) is 0 Å². The Kier molecular flexibility index (Phi) is 3.30. The van der Waals surface area contributed by atoms with E-state index in [2.05, 4.69) is 0 Å². The van der Waals surface area contributed by atoms with Gasteiger partial charge < -0.3 is 5.73 Å². The van der Waals surface area contributed by atoms with Gasteiger partial charge in [0.15, 0.2) is 0 Å². The number of hydrogen-bond donors (Lipinski definition) is 1. The molecule has 0 bridgehead atoms. The van der Waals surface area contributed by atoms with Crippen molar-refractivity contribution in [2.45, 2.75) is 18.6 Å². The number of halogens is 3. The lowest BCUT2D eigenvalue weighted by Crippen LogP contribution is -2.19. The second-order valence-electron chi connectivity index (χ2n) is 2.90. The molecular formula is C7H7F3N2O2S. The normalized spacial score (nSPS) is 13.9. The number of alkyl halides is 3. The molecule has 15 heavy (non-hydrogen) atoms. The molecule has 1 aromatic rings. The highest BCUT2D eigenvalue weighted by Gasteiger charge is 2.31. The number of rotatable bonds is 3. The SMILES string of the molecule is N[C@H](CC(F)(F)F)c1csc([N+](=O)[O-])c1. The first-order chi connectivity index (χ1) is 6.79. The van der Waals surface area contributed by atoms with Gasteiger partial charge in [-0.15, -0.1) is 0 Å². The van der Waals surface area contributed by atoms with Crippen LogP contribution < -0.4 is 5.73 Å². The van der Waals surface area contributed by atoms with E-state index in [0.717, 1.165) is 17.4 Å². The fourth-order valence-electron chi connectivity index (χ4n) is 0.996. The summed E-state index contributed by atoms with van der Waals surface area (Å²) in [5.41, 5.74) is 5.40. The van der Waals surface area contributed by atoms with E-state index >= 15 is 0 Å². The van der Waals surface area contributed by atoms with E-state index in [4.69, 9.17) is 5.73 Å². The van der Waals surface area contributed by atoms with Crippen LogP contribution >= 0.6 is 11.3 Å². The third-order valence-electron chi connectivity index (χ3n) is 1.67. The van der Waals surface area contributed by atoms with Crippen LogP contribution in [0.3, 0.4) is 0 Å². The van der Waals surface area contributed by atoms with Crippen LogP contribution in [-0.2, 0) is 0 Å². The van der Waals surface area contributed by atoms with Gasteiger partial charge in [-0.1, -0.05) is 11.3 Å². The average molecular weight is 240 g/mol. The van der Waals surface area contributed by atoms with Gasteiger partial charge in [0.25, 0.3) is 0 Å². The molecule has 0 unspecified atom stereocenters. The number of nitro groups is 1. The molecule has 1 heterocycles. The monoisotopic (exact) mass is 240 g/mol. The van der Waals surface area contributed by atoms with Crippen molar-refractivity contribution < 1.29 is 18.1 Å². The Morgan fingerprint density at radius 3 is 2.60 bits per heavy atom. The summed E-state index contributed by atoms with van der Waals surface area (Å²) in [6.07, 6.45) is -5.54. The fourth-order valence-corrected chi connectivity index (χ4v) is 1.79. The smallest absolute Gasteiger partial charge is 0.324 e. The predicted molar refractivity (Wildman–Crippen MR) is 48.6 cm³/mol. The van der Waals surface area contributed by atoms with Gasteiger partial charge in [0.2, 0.25) is 0 Å². The van der Waals surface area contributed by atoms with Gasteiger partial charge in [-0.25, -0.2) is 0 Å². The molecular weight excluding hydrogens is 233 g/mol. The van der Waals surface area contributed by atoms with Gasteiger partial charge >= 0.3 is 11.2 Å². The van der Waals surface area contributed by atoms with Crippen molar-refractivity contribution in [2.24, 2.45) is 5.73 Å². The molecule has 0 aliphatic carbocycles. The molecule has 0 aliphatic heterocycles. The van der Waals surface area contributed by atoms with Crippen LogP contribution in [0.2, 0.25) is 0 Å². The van der Waals surface area contributed by atoms with Crippen LogP contribution in [-0.4, -0.2) is 11.1 Å². The Bertz CT molecular complexity index is 363. The minimum Gasteiger partial charge on any atom is -0.324 e. The van der Waals surface area contributed by atoms with Crippen molar-refractivity contribution in [3.63, 3.8) is 0 Å². The third kappa shape index (κ3) is 3.48. The van der Waals surface area contributed by atoms with Crippen molar-refractivity contribution in [1.29, 1.82) is 0 Å². The summed E-state index contributed by atoms with van der Waals surface area (Å²) in [4.78, 5) is 9.62. The van der Waals surface area contributed by atoms with Crippen LogP contribution in [0.15, 0.2) is 11.4 Å². The summed E-state index contributed by atoms with van der Waals surface area (Å²) >= 11 is 0.766.